The summed E-state index contributed by atoms with van der Waals surface area (Å²) in [4.78, 5) is 13.8. The molecule has 1 heterocycles. The predicted octanol–water partition coefficient (Wildman–Crippen LogP) is 3.97. The Hall–Kier alpha value is -1.03. The van der Waals surface area contributed by atoms with Crippen LogP contribution >= 0.6 is 0 Å². The van der Waals surface area contributed by atoms with Crippen LogP contribution in [0.25, 0.3) is 0 Å². The van der Waals surface area contributed by atoms with E-state index >= 15 is 0 Å². The number of hydrogen-bond donors (Lipinski definition) is 1. The zero-order valence-electron chi connectivity index (χ0n) is 15.7. The Morgan fingerprint density at radius 2 is 2.09 bits per heavy atom. The Bertz CT molecular complexity index is 462. The molecule has 1 N–H and O–H groups in total. The van der Waals surface area contributed by atoms with Crippen LogP contribution < -0.4 is 5.32 Å². The van der Waals surface area contributed by atoms with E-state index in [1.807, 2.05) is 20.8 Å². The van der Waals surface area contributed by atoms with Gasteiger partial charge < -0.3 is 15.0 Å². The van der Waals surface area contributed by atoms with Crippen molar-refractivity contribution in [2.24, 2.45) is 11.3 Å². The van der Waals surface area contributed by atoms with Crippen molar-refractivity contribution in [3.8, 4) is 0 Å². The van der Waals surface area contributed by atoms with Crippen molar-refractivity contribution in [2.75, 3.05) is 19.6 Å². The second-order valence-electron chi connectivity index (χ2n) is 9.08. The molecule has 0 radical (unpaired) electrons. The van der Waals surface area contributed by atoms with Gasteiger partial charge in [-0.2, -0.15) is 0 Å². The van der Waals surface area contributed by atoms with Crippen molar-refractivity contribution >= 4 is 6.09 Å². The smallest absolute Gasteiger partial charge is 0.410 e. The number of carbonyl (C=O) groups excluding carboxylic acids is 1. The maximum atomic E-state index is 12.1. The normalized spacial score (nSPS) is 27.7. The molecule has 1 fully saturated rings. The summed E-state index contributed by atoms with van der Waals surface area (Å²) < 4.78 is 5.43. The van der Waals surface area contributed by atoms with Gasteiger partial charge in [-0.3, -0.25) is 0 Å². The number of hydrogen-bond acceptors (Lipinski definition) is 3. The molecular weight excluding hydrogens is 288 g/mol. The molecule has 4 heteroatoms. The van der Waals surface area contributed by atoms with Gasteiger partial charge in [-0.15, -0.1) is 0 Å². The van der Waals surface area contributed by atoms with Gasteiger partial charge >= 0.3 is 6.09 Å². The van der Waals surface area contributed by atoms with Gasteiger partial charge in [-0.1, -0.05) is 32.4 Å². The van der Waals surface area contributed by atoms with Crippen LogP contribution in [0.3, 0.4) is 0 Å². The van der Waals surface area contributed by atoms with Crippen LogP contribution in [0.2, 0.25) is 0 Å². The van der Waals surface area contributed by atoms with E-state index in [1.54, 1.807) is 4.90 Å². The van der Waals surface area contributed by atoms with Crippen molar-refractivity contribution in [3.63, 3.8) is 0 Å². The number of carbonyl (C=O) groups is 1. The molecule has 1 aliphatic heterocycles. The molecule has 2 unspecified atom stereocenters. The lowest BCUT2D eigenvalue weighted by atomic mass is 9.91. The Kier molecular flexibility index (Phi) is 5.44. The summed E-state index contributed by atoms with van der Waals surface area (Å²) in [7, 11) is 0. The first-order chi connectivity index (χ1) is 10.6. The molecule has 0 aromatic carbocycles. The minimum atomic E-state index is -0.423. The molecule has 132 valence electrons. The SMILES string of the molecule is CC1CC(C)(C)CC1NCC1=CCN(C(=O)OC(C)(C)C)CC1. The van der Waals surface area contributed by atoms with Crippen LogP contribution in [0, 0.1) is 11.3 Å². The fraction of sp³-hybridized carbons (Fsp3) is 0.842. The molecule has 23 heavy (non-hydrogen) atoms. The summed E-state index contributed by atoms with van der Waals surface area (Å²) in [5.41, 5.74) is 1.46. The van der Waals surface area contributed by atoms with Gasteiger partial charge in [0.05, 0.1) is 0 Å². The summed E-state index contributed by atoms with van der Waals surface area (Å²) in [5, 5.41) is 3.74. The van der Waals surface area contributed by atoms with E-state index in [9.17, 15) is 4.79 Å². The maximum absolute atomic E-state index is 12.1. The van der Waals surface area contributed by atoms with E-state index in [0.717, 1.165) is 25.4 Å². The van der Waals surface area contributed by atoms with E-state index in [2.05, 4.69) is 32.2 Å². The highest BCUT2D eigenvalue weighted by atomic mass is 16.6. The van der Waals surface area contributed by atoms with E-state index < -0.39 is 5.60 Å². The lowest BCUT2D eigenvalue weighted by Gasteiger charge is -2.30. The second kappa shape index (κ2) is 6.84. The topological polar surface area (TPSA) is 41.6 Å². The Balaban J connectivity index is 1.78. The van der Waals surface area contributed by atoms with Crippen molar-refractivity contribution in [3.05, 3.63) is 11.6 Å². The molecule has 0 aromatic heterocycles. The molecule has 0 spiro atoms. The summed E-state index contributed by atoms with van der Waals surface area (Å²) >= 11 is 0. The number of amides is 1. The molecule has 2 atom stereocenters. The number of ether oxygens (including phenoxy) is 1. The van der Waals surface area contributed by atoms with Crippen LogP contribution in [-0.2, 0) is 4.74 Å². The molecule has 2 aliphatic rings. The average Bonchev–Trinajstić information content (AvgIpc) is 2.67. The fourth-order valence-corrected chi connectivity index (χ4v) is 3.79. The van der Waals surface area contributed by atoms with Gasteiger partial charge in [-0.05, 0) is 51.4 Å². The first-order valence-electron chi connectivity index (χ1n) is 8.95. The maximum Gasteiger partial charge on any atom is 0.410 e. The van der Waals surface area contributed by atoms with E-state index in [4.69, 9.17) is 4.74 Å². The quantitative estimate of drug-likeness (QED) is 0.799. The van der Waals surface area contributed by atoms with E-state index in [-0.39, 0.29) is 6.09 Å². The Morgan fingerprint density at radius 3 is 2.57 bits per heavy atom. The first-order valence-corrected chi connectivity index (χ1v) is 8.95. The minimum Gasteiger partial charge on any atom is -0.444 e. The highest BCUT2D eigenvalue weighted by molar-refractivity contribution is 5.68. The summed E-state index contributed by atoms with van der Waals surface area (Å²) in [5.74, 6) is 0.743. The molecule has 1 amide bonds. The minimum absolute atomic E-state index is 0.202. The predicted molar refractivity (Wildman–Crippen MR) is 94.5 cm³/mol. The van der Waals surface area contributed by atoms with Crippen LogP contribution in [0.1, 0.15) is 60.8 Å². The highest BCUT2D eigenvalue weighted by Gasteiger charge is 2.36. The highest BCUT2D eigenvalue weighted by Crippen LogP contribution is 2.40. The Labute approximate surface area is 141 Å². The van der Waals surface area contributed by atoms with Gasteiger partial charge in [0.1, 0.15) is 5.60 Å². The third-order valence-electron chi connectivity index (χ3n) is 4.88. The van der Waals surface area contributed by atoms with Crippen LogP contribution in [0.5, 0.6) is 0 Å². The summed E-state index contributed by atoms with van der Waals surface area (Å²) in [6.45, 7) is 15.2. The van der Waals surface area contributed by atoms with E-state index in [0.29, 0.717) is 18.0 Å². The van der Waals surface area contributed by atoms with Crippen molar-refractivity contribution in [1.82, 2.24) is 10.2 Å². The lowest BCUT2D eigenvalue weighted by Crippen LogP contribution is -2.40. The number of nitrogens with zero attached hydrogens (tertiary/aromatic N) is 1. The molecule has 0 aromatic rings. The largest absolute Gasteiger partial charge is 0.444 e. The zero-order valence-corrected chi connectivity index (χ0v) is 15.7. The summed E-state index contributed by atoms with van der Waals surface area (Å²) in [6, 6.07) is 0.620. The van der Waals surface area contributed by atoms with Crippen molar-refractivity contribution in [1.29, 1.82) is 0 Å². The molecule has 0 saturated heterocycles. The molecular formula is C19H34N2O2. The number of rotatable bonds is 3. The van der Waals surface area contributed by atoms with E-state index in [1.165, 1.54) is 18.4 Å². The Morgan fingerprint density at radius 1 is 1.39 bits per heavy atom. The monoisotopic (exact) mass is 322 g/mol. The molecule has 4 nitrogen and oxygen atoms in total. The second-order valence-corrected chi connectivity index (χ2v) is 9.08. The van der Waals surface area contributed by atoms with Crippen molar-refractivity contribution in [2.45, 2.75) is 72.4 Å². The standard InChI is InChI=1S/C19H34N2O2/c1-14-11-19(5,6)12-16(14)20-13-15-7-9-21(10-8-15)17(22)23-18(2,3)4/h7,14,16,20H,8-13H2,1-6H3. The van der Waals surface area contributed by atoms with Crippen LogP contribution in [0.4, 0.5) is 4.79 Å². The zero-order chi connectivity index (χ0) is 17.3. The van der Waals surface area contributed by atoms with Gasteiger partial charge in [0.15, 0.2) is 0 Å². The van der Waals surface area contributed by atoms with Gasteiger partial charge in [0, 0.05) is 25.7 Å². The molecule has 0 bridgehead atoms. The van der Waals surface area contributed by atoms with Crippen LogP contribution in [-0.4, -0.2) is 42.3 Å². The molecule has 2 rings (SSSR count). The lowest BCUT2D eigenvalue weighted by molar-refractivity contribution is 0.0265. The number of nitrogens with one attached hydrogen (secondary N) is 1. The average molecular weight is 322 g/mol. The van der Waals surface area contributed by atoms with Gasteiger partial charge in [0.2, 0.25) is 0 Å². The van der Waals surface area contributed by atoms with Gasteiger partial charge in [-0.25, -0.2) is 4.79 Å². The summed E-state index contributed by atoms with van der Waals surface area (Å²) in [6.07, 6.45) is 5.48. The first kappa shape index (κ1) is 18.3. The third-order valence-corrected chi connectivity index (χ3v) is 4.88. The molecule has 1 saturated carbocycles. The van der Waals surface area contributed by atoms with Gasteiger partial charge in [0.25, 0.3) is 0 Å². The fourth-order valence-electron chi connectivity index (χ4n) is 3.79. The van der Waals surface area contributed by atoms with Crippen LogP contribution in [0.15, 0.2) is 11.6 Å². The third kappa shape index (κ3) is 5.52. The molecule has 1 aliphatic carbocycles. The van der Waals surface area contributed by atoms with Crippen molar-refractivity contribution < 1.29 is 9.53 Å².